The zero-order valence-electron chi connectivity index (χ0n) is 12.8. The van der Waals surface area contributed by atoms with Gasteiger partial charge in [0, 0.05) is 13.1 Å². The van der Waals surface area contributed by atoms with E-state index in [-0.39, 0.29) is 6.09 Å². The number of likely N-dealkylation sites (tertiary alicyclic amines) is 1. The molecule has 0 unspecified atom stereocenters. The van der Waals surface area contributed by atoms with E-state index < -0.39 is 0 Å². The molecule has 3 heteroatoms. The van der Waals surface area contributed by atoms with Crippen LogP contribution in [-0.2, 0) is 11.3 Å². The Labute approximate surface area is 121 Å². The van der Waals surface area contributed by atoms with Gasteiger partial charge in [-0.1, -0.05) is 51.1 Å². The average molecular weight is 275 g/mol. The molecule has 0 radical (unpaired) electrons. The van der Waals surface area contributed by atoms with Gasteiger partial charge < -0.3 is 9.64 Å². The summed E-state index contributed by atoms with van der Waals surface area (Å²) in [4.78, 5) is 13.9. The maximum Gasteiger partial charge on any atom is 0.410 e. The fourth-order valence-electron chi connectivity index (χ4n) is 2.59. The van der Waals surface area contributed by atoms with Crippen molar-refractivity contribution < 1.29 is 9.53 Å². The van der Waals surface area contributed by atoms with Crippen LogP contribution in [0.15, 0.2) is 30.3 Å². The van der Waals surface area contributed by atoms with Crippen molar-refractivity contribution in [3.05, 3.63) is 35.9 Å². The highest BCUT2D eigenvalue weighted by atomic mass is 16.6. The maximum absolute atomic E-state index is 12.1. The van der Waals surface area contributed by atoms with Crippen LogP contribution < -0.4 is 0 Å². The number of piperidine rings is 1. The van der Waals surface area contributed by atoms with Gasteiger partial charge in [0.25, 0.3) is 0 Å². The Bertz CT molecular complexity index is 434. The highest BCUT2D eigenvalue weighted by Crippen LogP contribution is 2.38. The summed E-state index contributed by atoms with van der Waals surface area (Å²) in [5, 5.41) is 0. The van der Waals surface area contributed by atoms with Crippen LogP contribution in [0, 0.1) is 11.3 Å². The van der Waals surface area contributed by atoms with Gasteiger partial charge in [0.1, 0.15) is 6.61 Å². The third-order valence-electron chi connectivity index (χ3n) is 4.76. The van der Waals surface area contributed by atoms with Crippen LogP contribution in [0.4, 0.5) is 4.79 Å². The molecular formula is C17H25NO2. The van der Waals surface area contributed by atoms with Crippen LogP contribution >= 0.6 is 0 Å². The Morgan fingerprint density at radius 1 is 1.25 bits per heavy atom. The largest absolute Gasteiger partial charge is 0.445 e. The predicted octanol–water partition coefficient (Wildman–Crippen LogP) is 4.08. The van der Waals surface area contributed by atoms with E-state index >= 15 is 0 Å². The first-order valence-electron chi connectivity index (χ1n) is 7.47. The van der Waals surface area contributed by atoms with Crippen molar-refractivity contribution in [2.24, 2.45) is 11.3 Å². The zero-order valence-corrected chi connectivity index (χ0v) is 12.8. The van der Waals surface area contributed by atoms with Gasteiger partial charge >= 0.3 is 6.09 Å². The second-order valence-corrected chi connectivity index (χ2v) is 6.34. The van der Waals surface area contributed by atoms with E-state index in [1.165, 1.54) is 0 Å². The van der Waals surface area contributed by atoms with Crippen LogP contribution in [0.25, 0.3) is 0 Å². The van der Waals surface area contributed by atoms with Gasteiger partial charge in [-0.3, -0.25) is 0 Å². The summed E-state index contributed by atoms with van der Waals surface area (Å²) in [5.41, 5.74) is 1.39. The molecule has 0 aliphatic carbocycles. The van der Waals surface area contributed by atoms with Gasteiger partial charge in [-0.2, -0.15) is 0 Å². The normalized spacial score (nSPS) is 18.1. The molecule has 0 aromatic heterocycles. The van der Waals surface area contributed by atoms with Crippen LogP contribution in [-0.4, -0.2) is 24.1 Å². The third-order valence-corrected chi connectivity index (χ3v) is 4.76. The fraction of sp³-hybridized carbons (Fsp3) is 0.588. The lowest BCUT2D eigenvalue weighted by Gasteiger charge is -2.41. The number of nitrogens with zero attached hydrogens (tertiary/aromatic N) is 1. The SMILES string of the molecule is CC(C)C1(C)CCN(C(=O)OCc2ccccc2)CC1. The van der Waals surface area contributed by atoms with Crippen molar-refractivity contribution in [2.45, 2.75) is 40.2 Å². The highest BCUT2D eigenvalue weighted by Gasteiger charge is 2.34. The molecule has 0 bridgehead atoms. The van der Waals surface area contributed by atoms with Gasteiger partial charge in [0.15, 0.2) is 0 Å². The molecule has 0 spiro atoms. The molecule has 1 aliphatic heterocycles. The molecule has 1 aromatic carbocycles. The molecule has 3 nitrogen and oxygen atoms in total. The minimum atomic E-state index is -0.181. The Hall–Kier alpha value is -1.51. The van der Waals surface area contributed by atoms with Gasteiger partial charge in [0.2, 0.25) is 0 Å². The predicted molar refractivity (Wildman–Crippen MR) is 80.4 cm³/mol. The summed E-state index contributed by atoms with van der Waals surface area (Å²) in [7, 11) is 0. The first kappa shape index (κ1) is 14.9. The lowest BCUT2D eigenvalue weighted by Crippen LogP contribution is -2.44. The number of amides is 1. The summed E-state index contributed by atoms with van der Waals surface area (Å²) in [6, 6.07) is 9.82. The van der Waals surface area contributed by atoms with Gasteiger partial charge in [-0.05, 0) is 29.7 Å². The third kappa shape index (κ3) is 3.53. The summed E-state index contributed by atoms with van der Waals surface area (Å²) in [6.45, 7) is 8.83. The molecule has 1 aromatic rings. The van der Waals surface area contributed by atoms with Crippen LogP contribution in [0.3, 0.4) is 0 Å². The van der Waals surface area contributed by atoms with Gasteiger partial charge in [-0.25, -0.2) is 4.79 Å². The van der Waals surface area contributed by atoms with Crippen molar-refractivity contribution in [3.63, 3.8) is 0 Å². The molecule has 20 heavy (non-hydrogen) atoms. The minimum absolute atomic E-state index is 0.181. The second-order valence-electron chi connectivity index (χ2n) is 6.34. The topological polar surface area (TPSA) is 29.5 Å². The molecular weight excluding hydrogens is 250 g/mol. The maximum atomic E-state index is 12.1. The Balaban J connectivity index is 1.80. The summed E-state index contributed by atoms with van der Waals surface area (Å²) < 4.78 is 5.38. The van der Waals surface area contributed by atoms with Crippen molar-refractivity contribution >= 4 is 6.09 Å². The van der Waals surface area contributed by atoms with Crippen LogP contribution in [0.2, 0.25) is 0 Å². The highest BCUT2D eigenvalue weighted by molar-refractivity contribution is 5.67. The summed E-state index contributed by atoms with van der Waals surface area (Å²) in [6.07, 6.45) is 1.94. The van der Waals surface area contributed by atoms with E-state index in [4.69, 9.17) is 4.74 Å². The van der Waals surface area contributed by atoms with E-state index in [1.54, 1.807) is 0 Å². The molecule has 1 fully saturated rings. The van der Waals surface area contributed by atoms with E-state index in [2.05, 4.69) is 20.8 Å². The lowest BCUT2D eigenvalue weighted by atomic mass is 9.72. The van der Waals surface area contributed by atoms with Crippen molar-refractivity contribution in [1.82, 2.24) is 4.90 Å². The smallest absolute Gasteiger partial charge is 0.410 e. The van der Waals surface area contributed by atoms with Crippen LogP contribution in [0.1, 0.15) is 39.2 Å². The minimum Gasteiger partial charge on any atom is -0.445 e. The summed E-state index contributed by atoms with van der Waals surface area (Å²) >= 11 is 0. The van der Waals surface area contributed by atoms with Gasteiger partial charge in [-0.15, -0.1) is 0 Å². The first-order valence-corrected chi connectivity index (χ1v) is 7.47. The van der Waals surface area contributed by atoms with Gasteiger partial charge in [0.05, 0.1) is 0 Å². The van der Waals surface area contributed by atoms with Crippen LogP contribution in [0.5, 0.6) is 0 Å². The van der Waals surface area contributed by atoms with E-state index in [9.17, 15) is 4.79 Å². The quantitative estimate of drug-likeness (QED) is 0.831. The van der Waals surface area contributed by atoms with Crippen molar-refractivity contribution in [1.29, 1.82) is 0 Å². The molecule has 1 amide bonds. The molecule has 2 rings (SSSR count). The molecule has 1 aliphatic rings. The standard InChI is InChI=1S/C17H25NO2/c1-14(2)17(3)9-11-18(12-10-17)16(19)20-13-15-7-5-4-6-8-15/h4-8,14H,9-13H2,1-3H3. The van der Waals surface area contributed by atoms with E-state index in [0.717, 1.165) is 31.5 Å². The number of hydrogen-bond acceptors (Lipinski definition) is 2. The van der Waals surface area contributed by atoms with Crippen molar-refractivity contribution in [3.8, 4) is 0 Å². The zero-order chi connectivity index (χ0) is 14.6. The fourth-order valence-corrected chi connectivity index (χ4v) is 2.59. The Morgan fingerprint density at radius 3 is 2.40 bits per heavy atom. The average Bonchev–Trinajstić information content (AvgIpc) is 2.46. The lowest BCUT2D eigenvalue weighted by molar-refractivity contribution is 0.0506. The number of carbonyl (C=O) groups excluding carboxylic acids is 1. The number of benzene rings is 1. The number of rotatable bonds is 3. The first-order chi connectivity index (χ1) is 9.51. The second kappa shape index (κ2) is 6.29. The molecule has 1 heterocycles. The number of carbonyl (C=O) groups is 1. The Morgan fingerprint density at radius 2 is 1.85 bits per heavy atom. The molecule has 110 valence electrons. The molecule has 0 saturated carbocycles. The van der Waals surface area contributed by atoms with E-state index in [1.807, 2.05) is 35.2 Å². The van der Waals surface area contributed by atoms with E-state index in [0.29, 0.717) is 17.9 Å². The Kier molecular flexibility index (Phi) is 4.69. The summed E-state index contributed by atoms with van der Waals surface area (Å²) in [5.74, 6) is 0.657. The van der Waals surface area contributed by atoms with Crippen molar-refractivity contribution in [2.75, 3.05) is 13.1 Å². The molecule has 0 N–H and O–H groups in total. The molecule has 0 atom stereocenters. The number of ether oxygens (including phenoxy) is 1. The monoisotopic (exact) mass is 275 g/mol. The molecule has 1 saturated heterocycles. The number of hydrogen-bond donors (Lipinski definition) is 0.